The highest BCUT2D eigenvalue weighted by molar-refractivity contribution is 6.66. The molecule has 0 saturated heterocycles. The lowest BCUT2D eigenvalue weighted by Crippen LogP contribution is -2.55. The van der Waals surface area contributed by atoms with Gasteiger partial charge < -0.3 is 15.0 Å². The molecule has 0 aliphatic heterocycles. The first-order valence-corrected chi connectivity index (χ1v) is 9.78. The normalized spacial score (nSPS) is 18.6. The van der Waals surface area contributed by atoms with E-state index >= 15 is 0 Å². The van der Waals surface area contributed by atoms with E-state index in [1.165, 1.54) is 6.08 Å². The SMILES string of the molecule is C=CC(=O)Cl.C=CCCN(C(=O)C=C)[C@@H]1CCCC[C@H]1NC(=O)OC(C)(C)C. The number of halogens is 1. The molecule has 6 nitrogen and oxygen atoms in total. The summed E-state index contributed by atoms with van der Waals surface area (Å²) >= 11 is 4.71. The van der Waals surface area contributed by atoms with Crippen molar-refractivity contribution in [2.75, 3.05) is 6.54 Å². The molecule has 0 radical (unpaired) electrons. The van der Waals surface area contributed by atoms with Gasteiger partial charge in [0.2, 0.25) is 11.1 Å². The van der Waals surface area contributed by atoms with Gasteiger partial charge in [-0.05, 0) is 63.8 Å². The number of rotatable bonds is 7. The standard InChI is InChI=1S/C18H30N2O3.C3H3ClO/c1-6-8-13-20(16(21)7-2)15-12-10-9-11-14(15)19-17(22)23-18(3,4)5;1-2-3(4)5/h6-7,14-15H,1-2,8-13H2,3-5H3,(H,19,22);2H,1H2/t14-,15-;/m1./s1. The van der Waals surface area contributed by atoms with Crippen LogP contribution in [-0.4, -0.2) is 46.4 Å². The van der Waals surface area contributed by atoms with E-state index < -0.39 is 16.9 Å². The van der Waals surface area contributed by atoms with Gasteiger partial charge in [0.05, 0.1) is 12.1 Å². The van der Waals surface area contributed by atoms with Crippen molar-refractivity contribution in [2.24, 2.45) is 0 Å². The molecule has 0 spiro atoms. The predicted molar refractivity (Wildman–Crippen MR) is 113 cm³/mol. The first-order chi connectivity index (χ1) is 13.1. The van der Waals surface area contributed by atoms with Gasteiger partial charge >= 0.3 is 6.09 Å². The van der Waals surface area contributed by atoms with Crippen LogP contribution >= 0.6 is 11.6 Å². The highest BCUT2D eigenvalue weighted by Crippen LogP contribution is 2.24. The number of hydrogen-bond acceptors (Lipinski definition) is 4. The van der Waals surface area contributed by atoms with Gasteiger partial charge in [-0.3, -0.25) is 9.59 Å². The third kappa shape index (κ3) is 10.9. The zero-order valence-electron chi connectivity index (χ0n) is 17.2. The van der Waals surface area contributed by atoms with Crippen molar-refractivity contribution in [3.63, 3.8) is 0 Å². The number of alkyl carbamates (subject to hydrolysis) is 1. The van der Waals surface area contributed by atoms with E-state index in [4.69, 9.17) is 16.3 Å². The number of carbonyl (C=O) groups is 3. The van der Waals surface area contributed by atoms with Gasteiger partial charge in [-0.25, -0.2) is 4.79 Å². The van der Waals surface area contributed by atoms with Crippen LogP contribution in [0.3, 0.4) is 0 Å². The van der Waals surface area contributed by atoms with Crippen LogP contribution in [0.25, 0.3) is 0 Å². The molecule has 1 aliphatic rings. The van der Waals surface area contributed by atoms with E-state index in [1.54, 1.807) is 11.0 Å². The topological polar surface area (TPSA) is 75.7 Å². The Labute approximate surface area is 173 Å². The van der Waals surface area contributed by atoms with Crippen LogP contribution in [0, 0.1) is 0 Å². The number of amides is 2. The lowest BCUT2D eigenvalue weighted by atomic mass is 9.89. The van der Waals surface area contributed by atoms with Crippen molar-refractivity contribution < 1.29 is 19.1 Å². The average Bonchev–Trinajstić information content (AvgIpc) is 2.61. The molecule has 1 saturated carbocycles. The van der Waals surface area contributed by atoms with Crippen LogP contribution in [-0.2, 0) is 14.3 Å². The zero-order valence-corrected chi connectivity index (χ0v) is 18.0. The van der Waals surface area contributed by atoms with Crippen molar-refractivity contribution in [1.29, 1.82) is 0 Å². The van der Waals surface area contributed by atoms with Crippen molar-refractivity contribution in [1.82, 2.24) is 10.2 Å². The lowest BCUT2D eigenvalue weighted by Gasteiger charge is -2.40. The fraction of sp³-hybridized carbons (Fsp3) is 0.571. The van der Waals surface area contributed by atoms with Gasteiger partial charge in [0.25, 0.3) is 0 Å². The molecule has 28 heavy (non-hydrogen) atoms. The monoisotopic (exact) mass is 412 g/mol. The maximum atomic E-state index is 12.2. The molecule has 0 heterocycles. The van der Waals surface area contributed by atoms with E-state index in [0.29, 0.717) is 6.54 Å². The summed E-state index contributed by atoms with van der Waals surface area (Å²) < 4.78 is 5.35. The van der Waals surface area contributed by atoms with Crippen LogP contribution in [0.1, 0.15) is 52.9 Å². The Kier molecular flexibility index (Phi) is 12.2. The minimum atomic E-state index is -0.534. The van der Waals surface area contributed by atoms with E-state index in [9.17, 15) is 14.4 Å². The molecule has 1 rings (SSSR count). The van der Waals surface area contributed by atoms with Crippen molar-refractivity contribution in [2.45, 2.75) is 70.6 Å². The first kappa shape index (κ1) is 25.9. The average molecular weight is 413 g/mol. The Morgan fingerprint density at radius 1 is 1.14 bits per heavy atom. The molecule has 1 N–H and O–H groups in total. The lowest BCUT2D eigenvalue weighted by molar-refractivity contribution is -0.129. The highest BCUT2D eigenvalue weighted by Gasteiger charge is 2.33. The van der Waals surface area contributed by atoms with Gasteiger partial charge in [-0.2, -0.15) is 0 Å². The van der Waals surface area contributed by atoms with Crippen LogP contribution in [0.5, 0.6) is 0 Å². The van der Waals surface area contributed by atoms with E-state index in [-0.39, 0.29) is 18.0 Å². The van der Waals surface area contributed by atoms with Crippen LogP contribution in [0.15, 0.2) is 38.0 Å². The van der Waals surface area contributed by atoms with Crippen LogP contribution in [0.4, 0.5) is 4.79 Å². The Hall–Kier alpha value is -2.08. The second-order valence-corrected chi connectivity index (χ2v) is 7.80. The summed E-state index contributed by atoms with van der Waals surface area (Å²) in [7, 11) is 0. The number of nitrogens with zero attached hydrogens (tertiary/aromatic N) is 1. The molecule has 0 bridgehead atoms. The molecule has 1 aliphatic carbocycles. The van der Waals surface area contributed by atoms with Gasteiger partial charge in [0, 0.05) is 6.54 Å². The molecule has 0 aromatic heterocycles. The molecule has 158 valence electrons. The van der Waals surface area contributed by atoms with Crippen LogP contribution in [0.2, 0.25) is 0 Å². The number of ether oxygens (including phenoxy) is 1. The summed E-state index contributed by atoms with van der Waals surface area (Å²) in [6.45, 7) is 16.5. The fourth-order valence-electron chi connectivity index (χ4n) is 2.90. The summed E-state index contributed by atoms with van der Waals surface area (Å²) in [5.41, 5.74) is -0.534. The highest BCUT2D eigenvalue weighted by atomic mass is 35.5. The largest absolute Gasteiger partial charge is 0.444 e. The molecule has 2 atom stereocenters. The summed E-state index contributed by atoms with van der Waals surface area (Å²) in [5.74, 6) is -0.102. The summed E-state index contributed by atoms with van der Waals surface area (Å²) in [6, 6.07) is -0.117. The van der Waals surface area contributed by atoms with Gasteiger partial charge in [0.1, 0.15) is 5.60 Å². The summed E-state index contributed by atoms with van der Waals surface area (Å²) in [5, 5.41) is 2.44. The zero-order chi connectivity index (χ0) is 21.7. The Morgan fingerprint density at radius 2 is 1.71 bits per heavy atom. The number of carbonyl (C=O) groups excluding carboxylic acids is 3. The number of hydrogen-bond donors (Lipinski definition) is 1. The molecule has 1 fully saturated rings. The molecular formula is C21H33ClN2O4. The van der Waals surface area contributed by atoms with Crippen molar-refractivity contribution >= 4 is 28.8 Å². The maximum Gasteiger partial charge on any atom is 0.407 e. The minimum absolute atomic E-state index is 0.0262. The fourth-order valence-corrected chi connectivity index (χ4v) is 2.90. The number of nitrogens with one attached hydrogen (secondary N) is 1. The van der Waals surface area contributed by atoms with E-state index in [1.807, 2.05) is 20.8 Å². The maximum absolute atomic E-state index is 12.2. The molecule has 0 aromatic carbocycles. The van der Waals surface area contributed by atoms with Crippen molar-refractivity contribution in [3.05, 3.63) is 38.0 Å². The van der Waals surface area contributed by atoms with Gasteiger partial charge in [-0.1, -0.05) is 32.1 Å². The molecule has 7 heteroatoms. The minimum Gasteiger partial charge on any atom is -0.444 e. The predicted octanol–water partition coefficient (Wildman–Crippen LogP) is 4.35. The molecule has 0 aromatic rings. The molecular weight excluding hydrogens is 380 g/mol. The second kappa shape index (κ2) is 13.2. The first-order valence-electron chi connectivity index (χ1n) is 9.41. The summed E-state index contributed by atoms with van der Waals surface area (Å²) in [6.07, 6.45) is 8.27. The van der Waals surface area contributed by atoms with E-state index in [2.05, 4.69) is 25.1 Å². The van der Waals surface area contributed by atoms with E-state index in [0.717, 1.165) is 38.2 Å². The van der Waals surface area contributed by atoms with Gasteiger partial charge in [0.15, 0.2) is 0 Å². The van der Waals surface area contributed by atoms with Crippen LogP contribution < -0.4 is 5.32 Å². The Balaban J connectivity index is 0.00000129. The Morgan fingerprint density at radius 3 is 2.18 bits per heavy atom. The summed E-state index contributed by atoms with van der Waals surface area (Å²) in [4.78, 5) is 35.5. The number of allylic oxidation sites excluding steroid dienone is 1. The second-order valence-electron chi connectivity index (χ2n) is 7.43. The third-order valence-electron chi connectivity index (χ3n) is 4.02. The quantitative estimate of drug-likeness (QED) is 0.383. The van der Waals surface area contributed by atoms with Crippen molar-refractivity contribution in [3.8, 4) is 0 Å². The van der Waals surface area contributed by atoms with Gasteiger partial charge in [-0.15, -0.1) is 6.58 Å². The molecule has 2 amide bonds. The third-order valence-corrected chi connectivity index (χ3v) is 4.18. The molecule has 0 unspecified atom stereocenters. The Bertz CT molecular complexity index is 569. The smallest absolute Gasteiger partial charge is 0.407 e.